The zero-order chi connectivity index (χ0) is 25.2. The fraction of sp³-hybridized carbons (Fsp3) is 0.240. The van der Waals surface area contributed by atoms with E-state index < -0.39 is 33.5 Å². The number of hydrogen-bond donors (Lipinski definition) is 2. The zero-order valence-corrected chi connectivity index (χ0v) is 19.6. The highest BCUT2D eigenvalue weighted by atomic mass is 32.2. The molecule has 0 aliphatic carbocycles. The summed E-state index contributed by atoms with van der Waals surface area (Å²) in [5.41, 5.74) is 2.32. The molecule has 1 aliphatic heterocycles. The SMILES string of the molecule is CS(=O)(=O)c1ccc(-c2cc3c(cc2Cc2cc(F)cc(F)c2)OC(C(=O)NCCO)CO3)cc1. The van der Waals surface area contributed by atoms with Gasteiger partial charge in [0.15, 0.2) is 21.3 Å². The van der Waals surface area contributed by atoms with Gasteiger partial charge in [-0.3, -0.25) is 4.79 Å². The van der Waals surface area contributed by atoms with Crippen molar-refractivity contribution in [3.63, 3.8) is 0 Å². The molecule has 10 heteroatoms. The Kier molecular flexibility index (Phi) is 7.04. The lowest BCUT2D eigenvalue weighted by Gasteiger charge is -2.27. The molecule has 1 aliphatic rings. The van der Waals surface area contributed by atoms with Gasteiger partial charge in [-0.05, 0) is 65.1 Å². The van der Waals surface area contributed by atoms with Crippen molar-refractivity contribution in [2.24, 2.45) is 0 Å². The Morgan fingerprint density at radius 3 is 2.37 bits per heavy atom. The van der Waals surface area contributed by atoms with Gasteiger partial charge in [0.05, 0.1) is 11.5 Å². The second kappa shape index (κ2) is 10.0. The Balaban J connectivity index is 1.74. The van der Waals surface area contributed by atoms with Crippen LogP contribution in [0.25, 0.3) is 11.1 Å². The van der Waals surface area contributed by atoms with Crippen molar-refractivity contribution < 1.29 is 36.6 Å². The number of aliphatic hydroxyl groups is 1. The summed E-state index contributed by atoms with van der Waals surface area (Å²) in [7, 11) is -3.39. The first kappa shape index (κ1) is 24.6. The standard InChI is InChI=1S/C25H23F2NO6S/c1-35(31,32)20-4-2-16(3-5-20)21-13-22-23(34-24(14-33-22)25(30)28-6-7-29)11-17(21)8-15-9-18(26)12-19(27)10-15/h2-5,9-13,24,29H,6-8,14H2,1H3,(H,28,30). The largest absolute Gasteiger partial charge is 0.485 e. The molecule has 0 aromatic heterocycles. The number of aliphatic hydroxyl groups excluding tert-OH is 1. The van der Waals surface area contributed by atoms with Crippen LogP contribution in [0.2, 0.25) is 0 Å². The van der Waals surface area contributed by atoms with Crippen LogP contribution in [0.15, 0.2) is 59.5 Å². The Labute approximate surface area is 201 Å². The molecule has 35 heavy (non-hydrogen) atoms. The number of nitrogens with one attached hydrogen (secondary N) is 1. The lowest BCUT2D eigenvalue weighted by atomic mass is 9.94. The molecule has 3 aromatic carbocycles. The van der Waals surface area contributed by atoms with Crippen LogP contribution in [0, 0.1) is 11.6 Å². The highest BCUT2D eigenvalue weighted by Crippen LogP contribution is 2.40. The minimum atomic E-state index is -3.39. The summed E-state index contributed by atoms with van der Waals surface area (Å²) in [5, 5.41) is 11.4. The van der Waals surface area contributed by atoms with Crippen molar-refractivity contribution in [1.29, 1.82) is 0 Å². The predicted octanol–water partition coefficient (Wildman–Crippen LogP) is 2.87. The number of halogens is 2. The molecule has 184 valence electrons. The quantitative estimate of drug-likeness (QED) is 0.514. The Morgan fingerprint density at radius 2 is 1.74 bits per heavy atom. The third-order valence-electron chi connectivity index (χ3n) is 5.44. The lowest BCUT2D eigenvalue weighted by Crippen LogP contribution is -2.44. The Bertz CT molecular complexity index is 1340. The molecular weight excluding hydrogens is 480 g/mol. The van der Waals surface area contributed by atoms with E-state index in [0.717, 1.165) is 12.3 Å². The summed E-state index contributed by atoms with van der Waals surface area (Å²) in [6.45, 7) is -0.193. The molecule has 0 saturated carbocycles. The molecule has 7 nitrogen and oxygen atoms in total. The second-order valence-corrected chi connectivity index (χ2v) is 10.2. The predicted molar refractivity (Wildman–Crippen MR) is 124 cm³/mol. The first-order valence-electron chi connectivity index (χ1n) is 10.7. The topological polar surface area (TPSA) is 102 Å². The molecule has 3 aromatic rings. The van der Waals surface area contributed by atoms with Gasteiger partial charge >= 0.3 is 0 Å². The Morgan fingerprint density at radius 1 is 1.06 bits per heavy atom. The molecular formula is C25H23F2NO6S. The zero-order valence-electron chi connectivity index (χ0n) is 18.8. The minimum Gasteiger partial charge on any atom is -0.485 e. The molecule has 4 rings (SSSR count). The van der Waals surface area contributed by atoms with Gasteiger partial charge in [0.1, 0.15) is 18.2 Å². The smallest absolute Gasteiger partial charge is 0.264 e. The molecule has 0 fully saturated rings. The summed E-state index contributed by atoms with van der Waals surface area (Å²) in [6, 6.07) is 12.8. The first-order chi connectivity index (χ1) is 16.6. The van der Waals surface area contributed by atoms with Crippen LogP contribution in [0.4, 0.5) is 8.78 Å². The van der Waals surface area contributed by atoms with Crippen LogP contribution in [0.1, 0.15) is 11.1 Å². The second-order valence-electron chi connectivity index (χ2n) is 8.14. The van der Waals surface area contributed by atoms with Gasteiger partial charge in [-0.15, -0.1) is 0 Å². The Hall–Kier alpha value is -3.50. The fourth-order valence-corrected chi connectivity index (χ4v) is 4.44. The molecule has 0 saturated heterocycles. The summed E-state index contributed by atoms with van der Waals surface area (Å²) >= 11 is 0. The van der Waals surface area contributed by atoms with Gasteiger partial charge < -0.3 is 19.9 Å². The van der Waals surface area contributed by atoms with Crippen molar-refractivity contribution in [2.45, 2.75) is 17.4 Å². The minimum absolute atomic E-state index is 0.0504. The monoisotopic (exact) mass is 503 g/mol. The van der Waals surface area contributed by atoms with Gasteiger partial charge in [0.2, 0.25) is 6.10 Å². The molecule has 0 spiro atoms. The van der Waals surface area contributed by atoms with Crippen LogP contribution in [0.5, 0.6) is 11.5 Å². The van der Waals surface area contributed by atoms with Gasteiger partial charge in [-0.25, -0.2) is 17.2 Å². The van der Waals surface area contributed by atoms with Crippen LogP contribution in [0.3, 0.4) is 0 Å². The molecule has 0 radical (unpaired) electrons. The number of amides is 1. The third kappa shape index (κ3) is 5.77. The molecule has 2 N–H and O–H groups in total. The molecule has 1 heterocycles. The van der Waals surface area contributed by atoms with E-state index in [9.17, 15) is 22.0 Å². The summed E-state index contributed by atoms with van der Waals surface area (Å²) in [5.74, 6) is -1.22. The number of carbonyl (C=O) groups is 1. The average Bonchev–Trinajstić information content (AvgIpc) is 2.80. The summed E-state index contributed by atoms with van der Waals surface area (Å²) < 4.78 is 62.9. The summed E-state index contributed by atoms with van der Waals surface area (Å²) in [4.78, 5) is 12.4. The van der Waals surface area contributed by atoms with Crippen molar-refractivity contribution >= 4 is 15.7 Å². The number of sulfone groups is 1. The maximum atomic E-state index is 13.8. The van der Waals surface area contributed by atoms with Crippen molar-refractivity contribution in [2.75, 3.05) is 26.0 Å². The van der Waals surface area contributed by atoms with Gasteiger partial charge in [0, 0.05) is 18.9 Å². The number of rotatable bonds is 7. The molecule has 1 amide bonds. The van der Waals surface area contributed by atoms with Crippen LogP contribution >= 0.6 is 0 Å². The van der Waals surface area contributed by atoms with E-state index in [4.69, 9.17) is 14.6 Å². The molecule has 1 atom stereocenters. The van der Waals surface area contributed by atoms with E-state index in [1.807, 2.05) is 0 Å². The van der Waals surface area contributed by atoms with E-state index in [1.54, 1.807) is 24.3 Å². The summed E-state index contributed by atoms with van der Waals surface area (Å²) in [6.07, 6.45) is 0.312. The third-order valence-corrected chi connectivity index (χ3v) is 6.57. The maximum Gasteiger partial charge on any atom is 0.264 e. The van der Waals surface area contributed by atoms with E-state index in [1.165, 1.54) is 24.3 Å². The maximum absolute atomic E-state index is 13.8. The number of hydrogen-bond acceptors (Lipinski definition) is 6. The average molecular weight is 504 g/mol. The van der Waals surface area contributed by atoms with E-state index in [2.05, 4.69) is 5.32 Å². The molecule has 1 unspecified atom stereocenters. The van der Waals surface area contributed by atoms with Crippen molar-refractivity contribution in [3.8, 4) is 22.6 Å². The first-order valence-corrected chi connectivity index (χ1v) is 12.6. The van der Waals surface area contributed by atoms with Gasteiger partial charge in [-0.1, -0.05) is 12.1 Å². The van der Waals surface area contributed by atoms with E-state index in [-0.39, 0.29) is 36.8 Å². The van der Waals surface area contributed by atoms with Crippen LogP contribution in [-0.4, -0.2) is 51.5 Å². The van der Waals surface area contributed by atoms with Crippen molar-refractivity contribution in [1.82, 2.24) is 5.32 Å². The lowest BCUT2D eigenvalue weighted by molar-refractivity contribution is -0.130. The normalized spacial score (nSPS) is 15.0. The molecule has 0 bridgehead atoms. The number of fused-ring (bicyclic) bond motifs is 1. The van der Waals surface area contributed by atoms with Gasteiger partial charge in [-0.2, -0.15) is 0 Å². The van der Waals surface area contributed by atoms with Crippen LogP contribution in [-0.2, 0) is 21.1 Å². The van der Waals surface area contributed by atoms with Crippen molar-refractivity contribution in [3.05, 3.63) is 77.4 Å². The number of carbonyl (C=O) groups excluding carboxylic acids is 1. The number of ether oxygens (including phenoxy) is 2. The fourth-order valence-electron chi connectivity index (χ4n) is 3.81. The highest BCUT2D eigenvalue weighted by Gasteiger charge is 2.28. The van der Waals surface area contributed by atoms with Crippen LogP contribution < -0.4 is 14.8 Å². The van der Waals surface area contributed by atoms with E-state index in [0.29, 0.717) is 28.0 Å². The highest BCUT2D eigenvalue weighted by molar-refractivity contribution is 7.90. The van der Waals surface area contributed by atoms with E-state index >= 15 is 0 Å². The number of benzene rings is 3. The van der Waals surface area contributed by atoms with Gasteiger partial charge in [0.25, 0.3) is 5.91 Å².